The number of anilines is 2. The summed E-state index contributed by atoms with van der Waals surface area (Å²) in [5, 5.41) is 6.67. The first-order valence-electron chi connectivity index (χ1n) is 12.5. The van der Waals surface area contributed by atoms with E-state index >= 15 is 0 Å². The molecule has 0 aliphatic carbocycles. The van der Waals surface area contributed by atoms with Crippen LogP contribution < -0.4 is 10.6 Å². The highest BCUT2D eigenvalue weighted by Gasteiger charge is 2.34. The van der Waals surface area contributed by atoms with Gasteiger partial charge in [-0.15, -0.1) is 0 Å². The molecule has 1 aromatic carbocycles. The Morgan fingerprint density at radius 3 is 2.56 bits per heavy atom. The van der Waals surface area contributed by atoms with E-state index in [0.29, 0.717) is 36.9 Å². The number of rotatable bonds is 10. The molecule has 2 N–H and O–H groups in total. The molecule has 0 spiro atoms. The normalized spacial score (nSPS) is 12.7. The lowest BCUT2D eigenvalue weighted by Gasteiger charge is -2.27. The number of halogens is 4. The molecule has 7 nitrogen and oxygen atoms in total. The topological polar surface area (TPSA) is 79.4 Å². The Hall–Kier alpha value is -3.25. The fraction of sp³-hybridized carbons (Fsp3) is 0.444. The Morgan fingerprint density at radius 1 is 1.21 bits per heavy atom. The fourth-order valence-electron chi connectivity index (χ4n) is 3.62. The van der Waals surface area contributed by atoms with E-state index in [-0.39, 0.29) is 17.8 Å². The van der Waals surface area contributed by atoms with Gasteiger partial charge in [-0.05, 0) is 71.4 Å². The molecule has 1 unspecified atom stereocenters. The van der Waals surface area contributed by atoms with E-state index in [1.54, 1.807) is 23.4 Å². The minimum absolute atomic E-state index is 0.0354. The summed E-state index contributed by atoms with van der Waals surface area (Å²) in [7, 11) is 0. The van der Waals surface area contributed by atoms with Gasteiger partial charge in [0.2, 0.25) is 0 Å². The zero-order valence-electron chi connectivity index (χ0n) is 22.5. The zero-order valence-corrected chi connectivity index (χ0v) is 23.3. The second kappa shape index (κ2) is 12.7. The molecule has 12 heteroatoms. The maximum Gasteiger partial charge on any atom is 0.419 e. The Morgan fingerprint density at radius 2 is 1.95 bits per heavy atom. The molecule has 0 bridgehead atoms. The first kappa shape index (κ1) is 30.3. The molecule has 0 saturated heterocycles. The van der Waals surface area contributed by atoms with Crippen molar-refractivity contribution in [1.29, 1.82) is 0 Å². The van der Waals surface area contributed by atoms with E-state index < -0.39 is 23.2 Å². The van der Waals surface area contributed by atoms with Crippen LogP contribution in [-0.4, -0.2) is 45.7 Å². The number of thiazole rings is 1. The van der Waals surface area contributed by atoms with Crippen molar-refractivity contribution in [3.63, 3.8) is 0 Å². The van der Waals surface area contributed by atoms with Crippen LogP contribution in [0.15, 0.2) is 42.7 Å². The third-order valence-electron chi connectivity index (χ3n) is 5.63. The summed E-state index contributed by atoms with van der Waals surface area (Å²) in [5.41, 5.74) is -0.456. The molecule has 212 valence electrons. The van der Waals surface area contributed by atoms with Crippen LogP contribution >= 0.6 is 11.3 Å². The maximum atomic E-state index is 13.7. The van der Waals surface area contributed by atoms with Crippen LogP contribution in [0.3, 0.4) is 0 Å². The first-order chi connectivity index (χ1) is 18.3. The molecular weight excluding hydrogens is 534 g/mol. The van der Waals surface area contributed by atoms with Crippen LogP contribution in [0.1, 0.15) is 51.5 Å². The number of hydrogen-bond acceptors (Lipinski definition) is 7. The van der Waals surface area contributed by atoms with Crippen LogP contribution in [0.4, 0.5) is 33.2 Å². The Balaban J connectivity index is 1.72. The van der Waals surface area contributed by atoms with Gasteiger partial charge >= 0.3 is 12.3 Å². The number of carbonyl (C=O) groups excluding carboxylic acids is 1. The van der Waals surface area contributed by atoms with Gasteiger partial charge in [-0.3, -0.25) is 4.98 Å². The molecule has 3 aromatic rings. The number of carbonyl (C=O) groups is 1. The van der Waals surface area contributed by atoms with Gasteiger partial charge in [-0.25, -0.2) is 14.2 Å². The van der Waals surface area contributed by atoms with Crippen LogP contribution in [0.2, 0.25) is 0 Å². The van der Waals surface area contributed by atoms with Crippen LogP contribution in [0.5, 0.6) is 0 Å². The quantitative estimate of drug-likeness (QED) is 0.252. The lowest BCUT2D eigenvalue weighted by atomic mass is 10.1. The van der Waals surface area contributed by atoms with E-state index in [1.165, 1.54) is 17.4 Å². The number of benzene rings is 1. The molecule has 0 saturated carbocycles. The van der Waals surface area contributed by atoms with E-state index in [0.717, 1.165) is 22.6 Å². The molecule has 3 rings (SSSR count). The van der Waals surface area contributed by atoms with Crippen molar-refractivity contribution >= 4 is 28.2 Å². The number of ether oxygens (including phenoxy) is 1. The molecule has 39 heavy (non-hydrogen) atoms. The Kier molecular flexibility index (Phi) is 9.89. The van der Waals surface area contributed by atoms with Gasteiger partial charge in [0, 0.05) is 54.2 Å². The molecule has 0 aliphatic rings. The van der Waals surface area contributed by atoms with Crippen molar-refractivity contribution in [2.75, 3.05) is 18.4 Å². The van der Waals surface area contributed by atoms with Crippen molar-refractivity contribution in [1.82, 2.24) is 20.2 Å². The van der Waals surface area contributed by atoms with Crippen LogP contribution in [-0.2, 0) is 17.5 Å². The van der Waals surface area contributed by atoms with Crippen molar-refractivity contribution in [3.8, 4) is 11.3 Å². The van der Waals surface area contributed by atoms with Crippen molar-refractivity contribution in [2.45, 2.75) is 65.4 Å². The third-order valence-corrected chi connectivity index (χ3v) is 6.60. The van der Waals surface area contributed by atoms with Crippen LogP contribution in [0.25, 0.3) is 11.3 Å². The molecule has 1 amide bonds. The van der Waals surface area contributed by atoms with Gasteiger partial charge in [0.25, 0.3) is 0 Å². The predicted octanol–water partition coefficient (Wildman–Crippen LogP) is 7.23. The van der Waals surface area contributed by atoms with Gasteiger partial charge in [-0.1, -0.05) is 11.3 Å². The predicted molar refractivity (Wildman–Crippen MR) is 144 cm³/mol. The largest absolute Gasteiger partial charge is 0.444 e. The first-order valence-corrected chi connectivity index (χ1v) is 13.3. The van der Waals surface area contributed by atoms with Gasteiger partial charge in [-0.2, -0.15) is 13.2 Å². The highest BCUT2D eigenvalue weighted by Crippen LogP contribution is 2.36. The number of alkyl halides is 3. The number of amides is 1. The maximum absolute atomic E-state index is 13.7. The molecule has 0 aliphatic heterocycles. The van der Waals surface area contributed by atoms with Crippen molar-refractivity contribution in [2.24, 2.45) is 0 Å². The second-order valence-corrected chi connectivity index (χ2v) is 11.1. The summed E-state index contributed by atoms with van der Waals surface area (Å²) in [6.07, 6.45) is -1.20. The number of aromatic nitrogens is 2. The lowest BCUT2D eigenvalue weighted by molar-refractivity contribution is -0.139. The highest BCUT2D eigenvalue weighted by atomic mass is 32.1. The van der Waals surface area contributed by atoms with E-state index in [9.17, 15) is 22.4 Å². The number of nitrogens with one attached hydrogen (secondary N) is 2. The van der Waals surface area contributed by atoms with E-state index in [4.69, 9.17) is 4.74 Å². The van der Waals surface area contributed by atoms with E-state index in [1.807, 2.05) is 40.7 Å². The van der Waals surface area contributed by atoms with Crippen molar-refractivity contribution < 1.29 is 27.1 Å². The van der Waals surface area contributed by atoms with Gasteiger partial charge < -0.3 is 20.3 Å². The summed E-state index contributed by atoms with van der Waals surface area (Å²) in [5.74, 6) is -1.34. The SMILES string of the molecule is CCN(CCC(C)NCc1sc(Nc2ccc(F)c(C(F)(F)F)c2)nc1-c1cccnc1)C(=O)OC(C)(C)C. The monoisotopic (exact) mass is 567 g/mol. The number of pyridine rings is 1. The Bertz CT molecular complexity index is 1250. The number of hydrogen-bond donors (Lipinski definition) is 2. The average molecular weight is 568 g/mol. The summed E-state index contributed by atoms with van der Waals surface area (Å²) in [6, 6.07) is 6.39. The van der Waals surface area contributed by atoms with Crippen LogP contribution in [0, 0.1) is 5.82 Å². The minimum atomic E-state index is -4.81. The highest BCUT2D eigenvalue weighted by molar-refractivity contribution is 7.16. The third kappa shape index (κ3) is 8.89. The molecule has 0 fully saturated rings. The summed E-state index contributed by atoms with van der Waals surface area (Å²) >= 11 is 1.28. The van der Waals surface area contributed by atoms with Gasteiger partial charge in [0.05, 0.1) is 11.3 Å². The smallest absolute Gasteiger partial charge is 0.419 e. The zero-order chi connectivity index (χ0) is 28.8. The summed E-state index contributed by atoms with van der Waals surface area (Å²) in [6.45, 7) is 10.8. The fourth-order valence-corrected chi connectivity index (χ4v) is 4.58. The summed E-state index contributed by atoms with van der Waals surface area (Å²) in [4.78, 5) is 23.6. The van der Waals surface area contributed by atoms with Gasteiger partial charge in [0.1, 0.15) is 11.4 Å². The lowest BCUT2D eigenvalue weighted by Crippen LogP contribution is -2.39. The molecule has 2 aromatic heterocycles. The average Bonchev–Trinajstić information content (AvgIpc) is 3.25. The standard InChI is InChI=1S/C27H33F4N5O2S/c1-6-36(25(37)38-26(3,4)5)13-11-17(2)33-16-22-23(18-8-7-12-32-15-18)35-24(39-22)34-19-9-10-21(28)20(14-19)27(29,30)31/h7-10,12,14-15,17,33H,6,11,13,16H2,1-5H3,(H,34,35). The van der Waals surface area contributed by atoms with E-state index in [2.05, 4.69) is 20.6 Å². The summed E-state index contributed by atoms with van der Waals surface area (Å²) < 4.78 is 58.7. The molecular formula is C27H33F4N5O2S. The minimum Gasteiger partial charge on any atom is -0.444 e. The van der Waals surface area contributed by atoms with Gasteiger partial charge in [0.15, 0.2) is 5.13 Å². The number of nitrogens with zero attached hydrogens (tertiary/aromatic N) is 3. The second-order valence-electron chi connectivity index (χ2n) is 9.98. The molecule has 2 heterocycles. The molecule has 0 radical (unpaired) electrons. The Labute approximate surface area is 229 Å². The molecule has 1 atom stereocenters. The van der Waals surface area contributed by atoms with Crippen molar-refractivity contribution in [3.05, 3.63) is 59.0 Å².